The number of hydrogen-bond donors (Lipinski definition) is 1. The smallest absolute Gasteiger partial charge is 0.337 e. The van der Waals surface area contributed by atoms with Crippen LogP contribution in [0.5, 0.6) is 5.75 Å². The van der Waals surface area contributed by atoms with Crippen LogP contribution in [-0.2, 0) is 16.0 Å². The third-order valence-electron chi connectivity index (χ3n) is 4.92. The Morgan fingerprint density at radius 2 is 1.76 bits per heavy atom. The Morgan fingerprint density at radius 1 is 1.03 bits per heavy atom. The van der Waals surface area contributed by atoms with Gasteiger partial charge in [-0.25, -0.2) is 9.18 Å². The summed E-state index contributed by atoms with van der Waals surface area (Å²) in [6, 6.07) is 19.6. The summed E-state index contributed by atoms with van der Waals surface area (Å²) in [7, 11) is 2.80. The summed E-state index contributed by atoms with van der Waals surface area (Å²) in [4.78, 5) is 24.2. The summed E-state index contributed by atoms with van der Waals surface area (Å²) in [6.45, 7) is 0. The molecule has 6 nitrogen and oxygen atoms in total. The number of rotatable bonds is 7. The van der Waals surface area contributed by atoms with Gasteiger partial charge >= 0.3 is 5.97 Å². The molecular weight excluding hydrogens is 423 g/mol. The number of carbonyl (C=O) groups is 2. The fourth-order valence-electron chi connectivity index (χ4n) is 3.16. The molecular formula is C26H21FN2O4. The number of benzene rings is 3. The van der Waals surface area contributed by atoms with E-state index in [1.807, 2.05) is 6.07 Å². The first-order valence-electron chi connectivity index (χ1n) is 9.97. The highest BCUT2D eigenvalue weighted by molar-refractivity contribution is 6.09. The zero-order chi connectivity index (χ0) is 23.8. The van der Waals surface area contributed by atoms with Crippen LogP contribution < -0.4 is 10.1 Å². The van der Waals surface area contributed by atoms with Crippen LogP contribution in [-0.4, -0.2) is 26.1 Å². The van der Waals surface area contributed by atoms with Gasteiger partial charge in [0.1, 0.15) is 23.2 Å². The topological polar surface area (TPSA) is 88.4 Å². The maximum absolute atomic E-state index is 14.2. The first-order chi connectivity index (χ1) is 15.9. The second-order valence-corrected chi connectivity index (χ2v) is 7.03. The number of nitrogens with one attached hydrogen (secondary N) is 1. The first-order valence-corrected chi connectivity index (χ1v) is 9.97. The number of hydrogen-bond acceptors (Lipinski definition) is 5. The Kier molecular flexibility index (Phi) is 7.55. The summed E-state index contributed by atoms with van der Waals surface area (Å²) < 4.78 is 24.1. The number of anilines is 1. The molecule has 166 valence electrons. The van der Waals surface area contributed by atoms with E-state index in [0.29, 0.717) is 33.7 Å². The lowest BCUT2D eigenvalue weighted by molar-refractivity contribution is -0.112. The van der Waals surface area contributed by atoms with Crippen molar-refractivity contribution < 1.29 is 23.5 Å². The Balaban J connectivity index is 1.88. The van der Waals surface area contributed by atoms with Crippen LogP contribution in [0.2, 0.25) is 0 Å². The van der Waals surface area contributed by atoms with E-state index in [2.05, 4.69) is 10.1 Å². The van der Waals surface area contributed by atoms with Crippen LogP contribution in [0, 0.1) is 17.1 Å². The molecule has 0 unspecified atom stereocenters. The van der Waals surface area contributed by atoms with Crippen molar-refractivity contribution in [1.82, 2.24) is 0 Å². The second-order valence-electron chi connectivity index (χ2n) is 7.03. The molecule has 0 saturated heterocycles. The van der Waals surface area contributed by atoms with Crippen LogP contribution in [0.25, 0.3) is 6.08 Å². The lowest BCUT2D eigenvalue weighted by Gasteiger charge is -2.11. The maximum Gasteiger partial charge on any atom is 0.337 e. The molecule has 0 bridgehead atoms. The third-order valence-corrected chi connectivity index (χ3v) is 4.92. The molecule has 0 aliphatic rings. The Labute approximate surface area is 190 Å². The molecule has 3 aromatic rings. The average molecular weight is 444 g/mol. The van der Waals surface area contributed by atoms with E-state index in [9.17, 15) is 19.2 Å². The minimum absolute atomic E-state index is 0.132. The molecule has 1 N–H and O–H groups in total. The van der Waals surface area contributed by atoms with Gasteiger partial charge in [0.2, 0.25) is 0 Å². The van der Waals surface area contributed by atoms with Gasteiger partial charge in [-0.05, 0) is 65.2 Å². The lowest BCUT2D eigenvalue weighted by Crippen LogP contribution is -2.13. The van der Waals surface area contributed by atoms with Gasteiger partial charge in [0, 0.05) is 12.1 Å². The Hall–Kier alpha value is -4.44. The number of nitriles is 1. The van der Waals surface area contributed by atoms with Crippen molar-refractivity contribution in [2.75, 3.05) is 19.5 Å². The van der Waals surface area contributed by atoms with Crippen LogP contribution in [0.15, 0.2) is 72.3 Å². The molecule has 0 spiro atoms. The number of esters is 1. The number of halogens is 1. The minimum atomic E-state index is -0.615. The summed E-state index contributed by atoms with van der Waals surface area (Å²) in [6.07, 6.45) is 1.71. The summed E-state index contributed by atoms with van der Waals surface area (Å²) in [5, 5.41) is 12.2. The highest BCUT2D eigenvalue weighted by Crippen LogP contribution is 2.24. The molecule has 0 aromatic heterocycles. The molecule has 0 aliphatic carbocycles. The average Bonchev–Trinajstić information content (AvgIpc) is 2.84. The summed E-state index contributed by atoms with van der Waals surface area (Å²) in [5.41, 5.74) is 2.38. The number of methoxy groups -OCH3 is 2. The van der Waals surface area contributed by atoms with Crippen molar-refractivity contribution in [2.24, 2.45) is 0 Å². The minimum Gasteiger partial charge on any atom is -0.497 e. The predicted octanol–water partition coefficient (Wildman–Crippen LogP) is 4.76. The molecule has 0 atom stereocenters. The zero-order valence-electron chi connectivity index (χ0n) is 18.1. The number of amides is 1. The van der Waals surface area contributed by atoms with E-state index in [-0.39, 0.29) is 17.8 Å². The van der Waals surface area contributed by atoms with Gasteiger partial charge < -0.3 is 14.8 Å². The normalized spacial score (nSPS) is 10.8. The SMILES string of the molecule is COC(=O)c1ccc(NC(=O)/C(C#N)=C/c2ccc(OC)cc2Cc2ccccc2F)cc1. The molecule has 7 heteroatoms. The van der Waals surface area contributed by atoms with Gasteiger partial charge in [-0.2, -0.15) is 5.26 Å². The van der Waals surface area contributed by atoms with Crippen molar-refractivity contribution in [3.63, 3.8) is 0 Å². The molecule has 0 radical (unpaired) electrons. The summed E-state index contributed by atoms with van der Waals surface area (Å²) in [5.74, 6) is -0.876. The monoisotopic (exact) mass is 444 g/mol. The van der Waals surface area contributed by atoms with E-state index in [0.717, 1.165) is 0 Å². The van der Waals surface area contributed by atoms with Crippen LogP contribution in [0.4, 0.5) is 10.1 Å². The zero-order valence-corrected chi connectivity index (χ0v) is 18.1. The van der Waals surface area contributed by atoms with Gasteiger partial charge in [0.15, 0.2) is 0 Å². The van der Waals surface area contributed by atoms with Crippen molar-refractivity contribution in [2.45, 2.75) is 6.42 Å². The van der Waals surface area contributed by atoms with E-state index in [1.54, 1.807) is 36.4 Å². The fourth-order valence-corrected chi connectivity index (χ4v) is 3.16. The van der Waals surface area contributed by atoms with E-state index < -0.39 is 11.9 Å². The summed E-state index contributed by atoms with van der Waals surface area (Å²) >= 11 is 0. The molecule has 0 aliphatic heterocycles. The van der Waals surface area contributed by atoms with E-state index in [1.165, 1.54) is 50.6 Å². The quantitative estimate of drug-likeness (QED) is 0.323. The van der Waals surface area contributed by atoms with Crippen molar-refractivity contribution in [1.29, 1.82) is 5.26 Å². The van der Waals surface area contributed by atoms with Gasteiger partial charge in [-0.15, -0.1) is 0 Å². The lowest BCUT2D eigenvalue weighted by atomic mass is 9.97. The van der Waals surface area contributed by atoms with Crippen molar-refractivity contribution >= 4 is 23.6 Å². The fraction of sp³-hybridized carbons (Fsp3) is 0.115. The highest BCUT2D eigenvalue weighted by Gasteiger charge is 2.13. The molecule has 3 aromatic carbocycles. The van der Waals surface area contributed by atoms with Crippen molar-refractivity contribution in [3.05, 3.63) is 100 Å². The number of nitrogens with zero attached hydrogens (tertiary/aromatic N) is 1. The molecule has 0 heterocycles. The van der Waals surface area contributed by atoms with Crippen molar-refractivity contribution in [3.8, 4) is 11.8 Å². The van der Waals surface area contributed by atoms with Crippen LogP contribution >= 0.6 is 0 Å². The number of ether oxygens (including phenoxy) is 2. The Morgan fingerprint density at radius 3 is 2.39 bits per heavy atom. The second kappa shape index (κ2) is 10.7. The van der Waals surface area contributed by atoms with Gasteiger partial charge in [-0.1, -0.05) is 24.3 Å². The Bertz CT molecular complexity index is 1240. The molecule has 3 rings (SSSR count). The molecule has 0 fully saturated rings. The molecule has 1 amide bonds. The van der Waals surface area contributed by atoms with Gasteiger partial charge in [0.25, 0.3) is 5.91 Å². The van der Waals surface area contributed by atoms with Crippen LogP contribution in [0.1, 0.15) is 27.0 Å². The largest absolute Gasteiger partial charge is 0.497 e. The number of carbonyl (C=O) groups excluding carboxylic acids is 2. The third kappa shape index (κ3) is 5.83. The standard InChI is InChI=1S/C26H21FN2O4/c1-32-23-12-9-18(20(15-23)14-19-5-3-4-6-24(19)27)13-21(16-28)25(30)29-22-10-7-17(8-11-22)26(31)33-2/h3-13,15H,14H2,1-2H3,(H,29,30)/b21-13+. The van der Waals surface area contributed by atoms with E-state index >= 15 is 0 Å². The first kappa shape index (κ1) is 23.2. The van der Waals surface area contributed by atoms with Crippen LogP contribution in [0.3, 0.4) is 0 Å². The maximum atomic E-state index is 14.2. The van der Waals surface area contributed by atoms with Gasteiger partial charge in [-0.3, -0.25) is 4.79 Å². The van der Waals surface area contributed by atoms with E-state index in [4.69, 9.17) is 4.74 Å². The molecule has 0 saturated carbocycles. The predicted molar refractivity (Wildman–Crippen MR) is 122 cm³/mol. The van der Waals surface area contributed by atoms with Gasteiger partial charge in [0.05, 0.1) is 19.8 Å². The molecule has 33 heavy (non-hydrogen) atoms. The highest BCUT2D eigenvalue weighted by atomic mass is 19.1.